The van der Waals surface area contributed by atoms with Gasteiger partial charge in [0.1, 0.15) is 12.1 Å². The lowest BCUT2D eigenvalue weighted by Crippen LogP contribution is -2.46. The van der Waals surface area contributed by atoms with Gasteiger partial charge >= 0.3 is 0 Å². The highest BCUT2D eigenvalue weighted by atomic mass is 16.1. The van der Waals surface area contributed by atoms with E-state index in [1.54, 1.807) is 10.8 Å². The molecule has 4 heterocycles. The van der Waals surface area contributed by atoms with Gasteiger partial charge < -0.3 is 20.0 Å². The van der Waals surface area contributed by atoms with E-state index in [1.165, 1.54) is 0 Å². The van der Waals surface area contributed by atoms with Gasteiger partial charge in [0.15, 0.2) is 5.65 Å². The van der Waals surface area contributed by atoms with Crippen molar-refractivity contribution in [3.63, 3.8) is 0 Å². The molecule has 2 aliphatic heterocycles. The average Bonchev–Trinajstić information content (AvgIpc) is 3.33. The third kappa shape index (κ3) is 4.25. The number of carbonyl (C=O) groups excluding carboxylic acids is 1. The van der Waals surface area contributed by atoms with E-state index in [1.807, 2.05) is 24.3 Å². The van der Waals surface area contributed by atoms with E-state index in [4.69, 9.17) is 0 Å². The summed E-state index contributed by atoms with van der Waals surface area (Å²) < 4.78 is 1.69. The Hall–Kier alpha value is -3.20. The molecule has 0 bridgehead atoms. The van der Waals surface area contributed by atoms with Crippen LogP contribution >= 0.6 is 0 Å². The van der Waals surface area contributed by atoms with Crippen molar-refractivity contribution in [3.05, 3.63) is 42.7 Å². The highest BCUT2D eigenvalue weighted by Gasteiger charge is 2.27. The molecule has 32 heavy (non-hydrogen) atoms. The Morgan fingerprint density at radius 2 is 1.78 bits per heavy atom. The fourth-order valence-electron chi connectivity index (χ4n) is 4.65. The smallest absolute Gasteiger partial charge is 0.227 e. The number of fused-ring (bicyclic) bond motifs is 1. The number of hydrogen-bond acceptors (Lipinski definition) is 7. The second-order valence-electron chi connectivity index (χ2n) is 8.51. The molecule has 5 rings (SSSR count). The van der Waals surface area contributed by atoms with Crippen molar-refractivity contribution < 1.29 is 4.79 Å². The van der Waals surface area contributed by atoms with Crippen LogP contribution in [-0.2, 0) is 4.79 Å². The minimum atomic E-state index is 0.00916. The number of aromatic nitrogens is 4. The molecule has 168 valence electrons. The zero-order valence-electron chi connectivity index (χ0n) is 18.5. The lowest BCUT2D eigenvalue weighted by Gasteiger charge is -2.36. The number of carbonyl (C=O) groups is 1. The monoisotopic (exact) mass is 434 g/mol. The molecule has 3 aromatic rings. The second kappa shape index (κ2) is 9.12. The van der Waals surface area contributed by atoms with Gasteiger partial charge in [-0.15, -0.1) is 15.3 Å². The van der Waals surface area contributed by atoms with Crippen molar-refractivity contribution >= 4 is 28.7 Å². The molecule has 0 atom stereocenters. The topological polar surface area (TPSA) is 81.9 Å². The zero-order chi connectivity index (χ0) is 21.9. The van der Waals surface area contributed by atoms with E-state index in [9.17, 15) is 4.79 Å². The number of anilines is 3. The maximum absolute atomic E-state index is 13.1. The first-order chi connectivity index (χ1) is 15.7. The summed E-state index contributed by atoms with van der Waals surface area (Å²) in [7, 11) is 0. The van der Waals surface area contributed by atoms with Crippen LogP contribution in [0.1, 0.15) is 19.8 Å². The van der Waals surface area contributed by atoms with Crippen LogP contribution in [0.2, 0.25) is 0 Å². The van der Waals surface area contributed by atoms with Gasteiger partial charge in [0, 0.05) is 45.2 Å². The molecule has 0 aliphatic carbocycles. The molecule has 2 saturated heterocycles. The molecule has 1 N–H and O–H groups in total. The summed E-state index contributed by atoms with van der Waals surface area (Å²) >= 11 is 0. The van der Waals surface area contributed by atoms with Crippen LogP contribution in [0.25, 0.3) is 5.65 Å². The average molecular weight is 435 g/mol. The van der Waals surface area contributed by atoms with Gasteiger partial charge in [-0.2, -0.15) is 4.52 Å². The molecular formula is C23H30N8O. The molecule has 0 unspecified atom stereocenters. The van der Waals surface area contributed by atoms with Crippen LogP contribution in [0, 0.1) is 5.92 Å². The second-order valence-corrected chi connectivity index (χ2v) is 8.51. The highest BCUT2D eigenvalue weighted by Crippen LogP contribution is 2.29. The molecule has 1 aromatic carbocycles. The zero-order valence-corrected chi connectivity index (χ0v) is 18.5. The Balaban J connectivity index is 1.20. The number of hydrogen-bond donors (Lipinski definition) is 1. The fourth-order valence-corrected chi connectivity index (χ4v) is 4.65. The number of amides is 1. The predicted molar refractivity (Wildman–Crippen MR) is 125 cm³/mol. The molecule has 0 spiro atoms. The Morgan fingerprint density at radius 1 is 1.00 bits per heavy atom. The van der Waals surface area contributed by atoms with E-state index in [-0.39, 0.29) is 11.8 Å². The van der Waals surface area contributed by atoms with Crippen LogP contribution < -0.4 is 15.1 Å². The fraction of sp³-hybridized carbons (Fsp3) is 0.478. The van der Waals surface area contributed by atoms with Gasteiger partial charge in [0.05, 0.1) is 11.4 Å². The van der Waals surface area contributed by atoms with Gasteiger partial charge in [-0.3, -0.25) is 4.79 Å². The molecule has 9 nitrogen and oxygen atoms in total. The first-order valence-electron chi connectivity index (χ1n) is 11.5. The van der Waals surface area contributed by atoms with Crippen LogP contribution in [0.3, 0.4) is 0 Å². The number of piperazine rings is 1. The molecule has 0 saturated carbocycles. The lowest BCUT2D eigenvalue weighted by atomic mass is 9.95. The van der Waals surface area contributed by atoms with Crippen molar-refractivity contribution in [3.8, 4) is 0 Å². The quantitative estimate of drug-likeness (QED) is 0.659. The SMILES string of the molecule is CCN1CCN(c2ccccc2NC(=O)C2CCN(c3ccc4nncn4n3)CC2)CC1. The van der Waals surface area contributed by atoms with Crippen molar-refractivity contribution in [2.75, 3.05) is 60.9 Å². The number of rotatable bonds is 5. The molecule has 0 radical (unpaired) electrons. The molecule has 2 aliphatic rings. The normalized spacial score (nSPS) is 18.3. The van der Waals surface area contributed by atoms with Crippen LogP contribution in [-0.4, -0.2) is 76.4 Å². The molecule has 2 aromatic heterocycles. The Bertz CT molecular complexity index is 1070. The van der Waals surface area contributed by atoms with Gasteiger partial charge in [-0.25, -0.2) is 0 Å². The first-order valence-corrected chi connectivity index (χ1v) is 11.5. The maximum atomic E-state index is 13.1. The molecule has 1 amide bonds. The van der Waals surface area contributed by atoms with E-state index in [0.29, 0.717) is 0 Å². The van der Waals surface area contributed by atoms with Gasteiger partial charge in [-0.05, 0) is 43.7 Å². The van der Waals surface area contributed by atoms with Crippen molar-refractivity contribution in [1.82, 2.24) is 24.7 Å². The predicted octanol–water partition coefficient (Wildman–Crippen LogP) is 2.12. The number of nitrogens with zero attached hydrogens (tertiary/aromatic N) is 7. The van der Waals surface area contributed by atoms with E-state index in [2.05, 4.69) is 54.4 Å². The Morgan fingerprint density at radius 3 is 2.56 bits per heavy atom. The summed E-state index contributed by atoms with van der Waals surface area (Å²) in [6, 6.07) is 12.1. The van der Waals surface area contributed by atoms with E-state index < -0.39 is 0 Å². The van der Waals surface area contributed by atoms with Crippen molar-refractivity contribution in [2.24, 2.45) is 5.92 Å². The first kappa shape index (κ1) is 20.7. The van der Waals surface area contributed by atoms with Crippen LogP contribution in [0.5, 0.6) is 0 Å². The number of para-hydroxylation sites is 2. The third-order valence-corrected chi connectivity index (χ3v) is 6.66. The number of nitrogens with one attached hydrogen (secondary N) is 1. The van der Waals surface area contributed by atoms with Gasteiger partial charge in [-0.1, -0.05) is 19.1 Å². The summed E-state index contributed by atoms with van der Waals surface area (Å²) in [5.74, 6) is 1.02. The van der Waals surface area contributed by atoms with Crippen LogP contribution in [0.15, 0.2) is 42.7 Å². The molecular weight excluding hydrogens is 404 g/mol. The molecule has 9 heteroatoms. The van der Waals surface area contributed by atoms with E-state index in [0.717, 1.165) is 81.5 Å². The number of piperidine rings is 1. The Labute approximate surface area is 188 Å². The highest BCUT2D eigenvalue weighted by molar-refractivity contribution is 5.96. The molecule has 2 fully saturated rings. The minimum absolute atomic E-state index is 0.00916. The van der Waals surface area contributed by atoms with Crippen molar-refractivity contribution in [2.45, 2.75) is 19.8 Å². The standard InChI is InChI=1S/C23H30N8O/c1-2-28-13-15-29(16-14-28)20-6-4-3-5-19(20)25-23(32)18-9-11-30(12-10-18)22-8-7-21-26-24-17-31(21)27-22/h3-8,17-18H,2,9-16H2,1H3,(H,25,32). The summed E-state index contributed by atoms with van der Waals surface area (Å²) in [6.07, 6.45) is 3.23. The summed E-state index contributed by atoms with van der Waals surface area (Å²) in [5.41, 5.74) is 2.78. The van der Waals surface area contributed by atoms with Crippen LogP contribution in [0.4, 0.5) is 17.2 Å². The Kier molecular flexibility index (Phi) is 5.89. The maximum Gasteiger partial charge on any atom is 0.227 e. The van der Waals surface area contributed by atoms with E-state index >= 15 is 0 Å². The van der Waals surface area contributed by atoms with Crippen molar-refractivity contribution in [1.29, 1.82) is 0 Å². The third-order valence-electron chi connectivity index (χ3n) is 6.66. The summed E-state index contributed by atoms with van der Waals surface area (Å²) in [4.78, 5) is 20.2. The number of likely N-dealkylation sites (N-methyl/N-ethyl adjacent to an activating group) is 1. The van der Waals surface area contributed by atoms with Gasteiger partial charge in [0.25, 0.3) is 0 Å². The summed E-state index contributed by atoms with van der Waals surface area (Å²) in [5, 5.41) is 15.7. The lowest BCUT2D eigenvalue weighted by molar-refractivity contribution is -0.120. The van der Waals surface area contributed by atoms with Gasteiger partial charge in [0.2, 0.25) is 5.91 Å². The number of benzene rings is 1. The minimum Gasteiger partial charge on any atom is -0.367 e. The summed E-state index contributed by atoms with van der Waals surface area (Å²) in [6.45, 7) is 9.01. The largest absolute Gasteiger partial charge is 0.367 e.